The Labute approximate surface area is 180 Å². The highest BCUT2D eigenvalue weighted by molar-refractivity contribution is 5.77. The normalized spacial score (nSPS) is 22.5. The molecule has 0 radical (unpaired) electrons. The zero-order chi connectivity index (χ0) is 22.1. The van der Waals surface area contributed by atoms with Gasteiger partial charge in [-0.3, -0.25) is 9.59 Å². The van der Waals surface area contributed by atoms with Crippen LogP contribution in [0.25, 0.3) is 0 Å². The van der Waals surface area contributed by atoms with Gasteiger partial charge in [0.15, 0.2) is 17.3 Å². The third-order valence-corrected chi connectivity index (χ3v) is 6.36. The van der Waals surface area contributed by atoms with Gasteiger partial charge in [-0.2, -0.15) is 0 Å². The van der Waals surface area contributed by atoms with Crippen molar-refractivity contribution in [2.45, 2.75) is 32.1 Å². The van der Waals surface area contributed by atoms with Gasteiger partial charge in [-0.25, -0.2) is 0 Å². The molecule has 7 heteroatoms. The van der Waals surface area contributed by atoms with Crippen molar-refractivity contribution in [3.8, 4) is 17.2 Å². The molecule has 1 aromatic heterocycles. The van der Waals surface area contributed by atoms with Gasteiger partial charge in [-0.15, -0.1) is 0 Å². The van der Waals surface area contributed by atoms with Crippen molar-refractivity contribution in [2.75, 3.05) is 13.7 Å². The maximum Gasteiger partial charge on any atom is 0.227 e. The zero-order valence-electron chi connectivity index (χ0n) is 17.6. The van der Waals surface area contributed by atoms with Crippen LogP contribution in [0.4, 0.5) is 0 Å². The van der Waals surface area contributed by atoms with E-state index in [2.05, 4.69) is 17.5 Å². The van der Waals surface area contributed by atoms with Crippen molar-refractivity contribution in [1.29, 1.82) is 0 Å². The van der Waals surface area contributed by atoms with Crippen molar-refractivity contribution < 1.29 is 24.2 Å². The SMILES string of the molecule is COc1cc([C@H](CC(=O)NC[C@H]2C[C@H]3C=C[C@H]2C3)c2oc(C)cc(=O)c2O)ccc1O. The molecule has 31 heavy (non-hydrogen) atoms. The van der Waals surface area contributed by atoms with Crippen LogP contribution in [-0.2, 0) is 4.79 Å². The van der Waals surface area contributed by atoms with Gasteiger partial charge in [0.05, 0.1) is 13.0 Å². The molecule has 2 aliphatic carbocycles. The first kappa shape index (κ1) is 21.0. The molecule has 1 amide bonds. The maximum atomic E-state index is 12.9. The molecule has 4 atom stereocenters. The number of rotatable bonds is 7. The second kappa shape index (κ2) is 8.49. The number of allylic oxidation sites excluding steroid dienone is 2. The van der Waals surface area contributed by atoms with E-state index in [-0.39, 0.29) is 29.6 Å². The number of amides is 1. The van der Waals surface area contributed by atoms with Crippen molar-refractivity contribution in [2.24, 2.45) is 17.8 Å². The fourth-order valence-electron chi connectivity index (χ4n) is 4.77. The average molecular weight is 425 g/mol. The van der Waals surface area contributed by atoms with Crippen LogP contribution < -0.4 is 15.5 Å². The summed E-state index contributed by atoms with van der Waals surface area (Å²) < 4.78 is 10.9. The second-order valence-corrected chi connectivity index (χ2v) is 8.47. The lowest BCUT2D eigenvalue weighted by Gasteiger charge is -2.21. The summed E-state index contributed by atoms with van der Waals surface area (Å²) in [6.07, 6.45) is 6.74. The van der Waals surface area contributed by atoms with Gasteiger partial charge >= 0.3 is 0 Å². The Balaban J connectivity index is 1.59. The molecular weight excluding hydrogens is 398 g/mol. The number of carbonyl (C=O) groups is 1. The summed E-state index contributed by atoms with van der Waals surface area (Å²) in [4.78, 5) is 25.0. The van der Waals surface area contributed by atoms with E-state index in [1.54, 1.807) is 19.1 Å². The van der Waals surface area contributed by atoms with Crippen molar-refractivity contribution in [3.05, 3.63) is 63.7 Å². The number of hydrogen-bond donors (Lipinski definition) is 3. The molecule has 2 aliphatic rings. The fourth-order valence-corrected chi connectivity index (χ4v) is 4.77. The van der Waals surface area contributed by atoms with E-state index < -0.39 is 17.1 Å². The maximum absolute atomic E-state index is 12.9. The van der Waals surface area contributed by atoms with Crippen LogP contribution >= 0.6 is 0 Å². The third kappa shape index (κ3) is 4.31. The molecule has 0 saturated heterocycles. The van der Waals surface area contributed by atoms with Gasteiger partial charge in [0.2, 0.25) is 17.1 Å². The molecule has 0 spiro atoms. The van der Waals surface area contributed by atoms with Gasteiger partial charge in [-0.1, -0.05) is 18.2 Å². The Morgan fingerprint density at radius 3 is 2.74 bits per heavy atom. The van der Waals surface area contributed by atoms with Crippen LogP contribution in [0.5, 0.6) is 17.2 Å². The van der Waals surface area contributed by atoms with Crippen molar-refractivity contribution in [3.63, 3.8) is 0 Å². The van der Waals surface area contributed by atoms with Gasteiger partial charge in [0, 0.05) is 19.0 Å². The number of phenols is 1. The van der Waals surface area contributed by atoms with Crippen LogP contribution in [0.15, 0.2) is 45.6 Å². The Hall–Kier alpha value is -3.22. The van der Waals surface area contributed by atoms with Crippen LogP contribution in [-0.4, -0.2) is 29.8 Å². The number of nitrogens with one attached hydrogen (secondary N) is 1. The molecule has 4 rings (SSSR count). The monoisotopic (exact) mass is 425 g/mol. The highest BCUT2D eigenvalue weighted by atomic mass is 16.5. The molecule has 1 aromatic carbocycles. The molecule has 0 unspecified atom stereocenters. The first-order valence-electron chi connectivity index (χ1n) is 10.5. The van der Waals surface area contributed by atoms with E-state index in [4.69, 9.17) is 9.15 Å². The summed E-state index contributed by atoms with van der Waals surface area (Å²) in [5, 5.41) is 23.3. The Kier molecular flexibility index (Phi) is 5.76. The molecule has 0 aliphatic heterocycles. The van der Waals surface area contributed by atoms with Crippen LogP contribution in [0.1, 0.15) is 42.3 Å². The van der Waals surface area contributed by atoms with Gasteiger partial charge in [-0.05, 0) is 55.2 Å². The van der Waals surface area contributed by atoms with Crippen LogP contribution in [0.2, 0.25) is 0 Å². The lowest BCUT2D eigenvalue weighted by molar-refractivity contribution is -0.121. The first-order chi connectivity index (χ1) is 14.9. The molecule has 1 heterocycles. The molecule has 164 valence electrons. The number of phenolic OH excluding ortho intramolecular Hbond substituents is 1. The molecule has 3 N–H and O–H groups in total. The number of aryl methyl sites for hydroxylation is 1. The van der Waals surface area contributed by atoms with E-state index in [0.29, 0.717) is 35.6 Å². The van der Waals surface area contributed by atoms with Gasteiger partial charge < -0.3 is 24.7 Å². The minimum Gasteiger partial charge on any atom is -0.504 e. The summed E-state index contributed by atoms with van der Waals surface area (Å²) in [5.74, 6) is 0.696. The van der Waals surface area contributed by atoms with E-state index in [0.717, 1.165) is 6.42 Å². The lowest BCUT2D eigenvalue weighted by atomic mass is 9.90. The minimum atomic E-state index is -0.720. The van der Waals surface area contributed by atoms with Gasteiger partial charge in [0.1, 0.15) is 5.76 Å². The van der Waals surface area contributed by atoms with Crippen LogP contribution in [0, 0.1) is 24.7 Å². The van der Waals surface area contributed by atoms with E-state index in [1.165, 1.54) is 25.7 Å². The predicted octanol–water partition coefficient (Wildman–Crippen LogP) is 3.22. The van der Waals surface area contributed by atoms with E-state index in [1.807, 2.05) is 0 Å². The summed E-state index contributed by atoms with van der Waals surface area (Å²) in [6.45, 7) is 2.21. The average Bonchev–Trinajstić information content (AvgIpc) is 3.37. The smallest absolute Gasteiger partial charge is 0.227 e. The molecule has 1 saturated carbocycles. The lowest BCUT2D eigenvalue weighted by Crippen LogP contribution is -2.32. The molecule has 1 fully saturated rings. The highest BCUT2D eigenvalue weighted by Gasteiger charge is 2.35. The van der Waals surface area contributed by atoms with Crippen molar-refractivity contribution >= 4 is 5.91 Å². The number of ether oxygens (including phenoxy) is 1. The molecule has 7 nitrogen and oxygen atoms in total. The Morgan fingerprint density at radius 1 is 1.26 bits per heavy atom. The fraction of sp³-hybridized carbons (Fsp3) is 0.417. The number of hydrogen-bond acceptors (Lipinski definition) is 6. The third-order valence-electron chi connectivity index (χ3n) is 6.36. The standard InChI is InChI=1S/C24H27NO6/c1-13-7-20(27)23(29)24(31-13)18(16-5-6-19(26)21(10-16)30-2)11-22(28)25-12-17-9-14-3-4-15(17)8-14/h3-7,10,14-15,17-18,26,29H,8-9,11-12H2,1-2H3,(H,25,28)/t14-,15-,17+,18-/m0/s1. The van der Waals surface area contributed by atoms with E-state index >= 15 is 0 Å². The zero-order valence-corrected chi connectivity index (χ0v) is 17.6. The quantitative estimate of drug-likeness (QED) is 0.588. The minimum absolute atomic E-state index is 0.0233. The topological polar surface area (TPSA) is 109 Å². The number of carbonyl (C=O) groups excluding carboxylic acids is 1. The molecular formula is C24H27NO6. The Bertz CT molecular complexity index is 1070. The van der Waals surface area contributed by atoms with Crippen molar-refractivity contribution in [1.82, 2.24) is 5.32 Å². The van der Waals surface area contributed by atoms with Gasteiger partial charge in [0.25, 0.3) is 0 Å². The number of aromatic hydroxyl groups is 2. The largest absolute Gasteiger partial charge is 0.504 e. The summed E-state index contributed by atoms with van der Waals surface area (Å²) in [5.41, 5.74) is 0.0142. The number of benzene rings is 1. The highest BCUT2D eigenvalue weighted by Crippen LogP contribution is 2.43. The molecule has 2 aromatic rings. The van der Waals surface area contributed by atoms with Crippen LogP contribution in [0.3, 0.4) is 0 Å². The van der Waals surface area contributed by atoms with E-state index in [9.17, 15) is 19.8 Å². The second-order valence-electron chi connectivity index (χ2n) is 8.47. The summed E-state index contributed by atoms with van der Waals surface area (Å²) in [7, 11) is 1.43. The summed E-state index contributed by atoms with van der Waals surface area (Å²) in [6, 6.07) is 5.86. The Morgan fingerprint density at radius 2 is 2.06 bits per heavy atom. The number of fused-ring (bicyclic) bond motifs is 2. The number of methoxy groups -OCH3 is 1. The predicted molar refractivity (Wildman–Crippen MR) is 114 cm³/mol. The molecule has 2 bridgehead atoms. The first-order valence-corrected chi connectivity index (χ1v) is 10.5. The summed E-state index contributed by atoms with van der Waals surface area (Å²) >= 11 is 0.